The molecule has 0 aromatic heterocycles. The molecule has 0 aliphatic heterocycles. The van der Waals surface area contributed by atoms with Crippen molar-refractivity contribution in [2.24, 2.45) is 11.5 Å². The molecule has 0 bridgehead atoms. The van der Waals surface area contributed by atoms with Crippen LogP contribution >= 0.6 is 12.4 Å². The van der Waals surface area contributed by atoms with Crippen molar-refractivity contribution < 1.29 is 57.7 Å². The number of amides is 2. The lowest BCUT2D eigenvalue weighted by molar-refractivity contribution is 0.0515. The van der Waals surface area contributed by atoms with Gasteiger partial charge in [0.05, 0.1) is 39.6 Å². The lowest BCUT2D eigenvalue weighted by atomic mass is 10.1. The van der Waals surface area contributed by atoms with Gasteiger partial charge >= 0.3 is 12.2 Å². The number of halogens is 1. The van der Waals surface area contributed by atoms with Crippen molar-refractivity contribution in [2.45, 2.75) is 117 Å². The Balaban J connectivity index is 0.000000395. The van der Waals surface area contributed by atoms with Gasteiger partial charge in [0.1, 0.15) is 60.6 Å². The van der Waals surface area contributed by atoms with Crippen LogP contribution in [0.2, 0.25) is 0 Å². The fourth-order valence-electron chi connectivity index (χ4n) is 7.66. The number of hydrogen-bond acceptors (Lipinski definition) is 14. The van der Waals surface area contributed by atoms with Crippen LogP contribution in [0, 0.1) is 0 Å². The molecule has 6 rings (SSSR count). The molecule has 6 aromatic rings. The van der Waals surface area contributed by atoms with Gasteiger partial charge in [-0.05, 0) is 188 Å². The van der Waals surface area contributed by atoms with E-state index in [1.807, 2.05) is 163 Å². The number of aliphatic hydroxyl groups is 2. The Labute approximate surface area is 512 Å². The first-order valence-corrected chi connectivity index (χ1v) is 29.2. The lowest BCUT2D eigenvalue weighted by Gasteiger charge is -2.19. The highest BCUT2D eigenvalue weighted by Crippen LogP contribution is 2.18. The van der Waals surface area contributed by atoms with Crippen molar-refractivity contribution in [3.05, 3.63) is 191 Å². The van der Waals surface area contributed by atoms with E-state index >= 15 is 0 Å². The van der Waals surface area contributed by atoms with Crippen LogP contribution in [0.25, 0.3) is 0 Å². The monoisotopic (exact) mass is 1200 g/mol. The van der Waals surface area contributed by atoms with Crippen LogP contribution in [0.15, 0.2) is 158 Å². The van der Waals surface area contributed by atoms with Crippen LogP contribution in [0.4, 0.5) is 9.59 Å². The predicted octanol–water partition coefficient (Wildman–Crippen LogP) is 11.8. The summed E-state index contributed by atoms with van der Waals surface area (Å²) in [5.74, 6) is 3.30. The maximum Gasteiger partial charge on any atom is 0.407 e. The summed E-state index contributed by atoms with van der Waals surface area (Å²) in [5, 5.41) is 22.8. The number of aryl methyl sites for hydroxylation is 4. The summed E-state index contributed by atoms with van der Waals surface area (Å²) in [5.41, 5.74) is 17.2. The second-order valence-corrected chi connectivity index (χ2v) is 21.4. The number of rotatable bonds is 32. The van der Waals surface area contributed by atoms with Gasteiger partial charge in [-0.25, -0.2) is 9.59 Å². The van der Waals surface area contributed by atoms with E-state index in [9.17, 15) is 9.59 Å². The highest BCUT2D eigenvalue weighted by Gasteiger charge is 2.16. The average molecular weight is 1200 g/mol. The third kappa shape index (κ3) is 39.4. The molecule has 0 aliphatic rings. The SMILES string of the molecule is CC(C)(C)OC(=O)NCCCc1cccc(OCCO)c1.CC(C)(C)OC(=O)NCCCc1cccc(OCCOCc2ccccc2)c1.Cl.NCCCc1cccc(OCCO)c1.NCCCc1cccc(OCCOCc2ccccc2)c1. The van der Waals surface area contributed by atoms with Gasteiger partial charge < -0.3 is 70.2 Å². The number of nitrogens with two attached hydrogens (primary N) is 2. The molecule has 0 unspecified atom stereocenters. The third-order valence-corrected chi connectivity index (χ3v) is 11.5. The molecular weight excluding hydrogens is 1100 g/mol. The number of aliphatic hydroxyl groups excluding tert-OH is 2. The van der Waals surface area contributed by atoms with Crippen LogP contribution in [0.1, 0.15) is 101 Å². The highest BCUT2D eigenvalue weighted by atomic mass is 35.5. The Bertz CT molecular complexity index is 2610. The topological polar surface area (TPSA) is 225 Å². The molecule has 0 fully saturated rings. The zero-order chi connectivity index (χ0) is 60.9. The van der Waals surface area contributed by atoms with E-state index in [4.69, 9.17) is 59.6 Å². The van der Waals surface area contributed by atoms with Crippen molar-refractivity contribution in [1.29, 1.82) is 0 Å². The molecule has 0 saturated heterocycles. The van der Waals surface area contributed by atoms with Crippen molar-refractivity contribution in [3.8, 4) is 23.0 Å². The molecule has 85 heavy (non-hydrogen) atoms. The molecular formula is C68H97ClN4O12. The number of ether oxygens (including phenoxy) is 8. The largest absolute Gasteiger partial charge is 0.491 e. The van der Waals surface area contributed by atoms with Gasteiger partial charge in [0.15, 0.2) is 0 Å². The second-order valence-electron chi connectivity index (χ2n) is 21.4. The molecule has 2 amide bonds. The maximum absolute atomic E-state index is 11.6. The Morgan fingerprint density at radius 1 is 0.400 bits per heavy atom. The minimum absolute atomic E-state index is 0. The van der Waals surface area contributed by atoms with Crippen molar-refractivity contribution in [1.82, 2.24) is 10.6 Å². The highest BCUT2D eigenvalue weighted by molar-refractivity contribution is 5.85. The average Bonchev–Trinajstić information content (AvgIpc) is 3.52. The maximum atomic E-state index is 11.6. The lowest BCUT2D eigenvalue weighted by Crippen LogP contribution is -2.33. The van der Waals surface area contributed by atoms with Gasteiger partial charge in [-0.3, -0.25) is 0 Å². The molecule has 468 valence electrons. The van der Waals surface area contributed by atoms with Crippen LogP contribution in [0.3, 0.4) is 0 Å². The Morgan fingerprint density at radius 3 is 0.988 bits per heavy atom. The first-order valence-electron chi connectivity index (χ1n) is 29.2. The molecule has 0 radical (unpaired) electrons. The fraction of sp³-hybridized carbons (Fsp3) is 0.441. The molecule has 6 aromatic carbocycles. The minimum atomic E-state index is -0.472. The van der Waals surface area contributed by atoms with Crippen molar-refractivity contribution in [3.63, 3.8) is 0 Å². The smallest absolute Gasteiger partial charge is 0.407 e. The third-order valence-electron chi connectivity index (χ3n) is 11.5. The van der Waals surface area contributed by atoms with E-state index in [1.54, 1.807) is 0 Å². The number of alkyl carbamates (subject to hydrolysis) is 2. The Morgan fingerprint density at radius 2 is 0.694 bits per heavy atom. The van der Waals surface area contributed by atoms with Crippen molar-refractivity contribution >= 4 is 24.6 Å². The molecule has 0 spiro atoms. The van der Waals surface area contributed by atoms with E-state index in [0.717, 1.165) is 92.0 Å². The van der Waals surface area contributed by atoms with Gasteiger partial charge in [-0.2, -0.15) is 0 Å². The second kappa shape index (κ2) is 45.5. The van der Waals surface area contributed by atoms with E-state index < -0.39 is 11.2 Å². The first kappa shape index (κ1) is 74.2. The summed E-state index contributed by atoms with van der Waals surface area (Å²) < 4.78 is 43.7. The summed E-state index contributed by atoms with van der Waals surface area (Å²) in [6.45, 7) is 17.8. The Kier molecular flexibility index (Phi) is 39.7. The van der Waals surface area contributed by atoms with Gasteiger partial charge in [0.2, 0.25) is 0 Å². The van der Waals surface area contributed by atoms with E-state index in [0.29, 0.717) is 72.5 Å². The van der Waals surface area contributed by atoms with Gasteiger partial charge in [0, 0.05) is 13.1 Å². The summed E-state index contributed by atoms with van der Waals surface area (Å²) in [7, 11) is 0. The van der Waals surface area contributed by atoms with Crippen molar-refractivity contribution in [2.75, 3.05) is 79.0 Å². The number of nitrogens with one attached hydrogen (secondary N) is 2. The zero-order valence-corrected chi connectivity index (χ0v) is 51.9. The molecule has 16 nitrogen and oxygen atoms in total. The quantitative estimate of drug-likeness (QED) is 0.0216. The normalized spacial score (nSPS) is 10.7. The van der Waals surface area contributed by atoms with Crippen LogP contribution in [-0.2, 0) is 57.8 Å². The Hall–Kier alpha value is -6.89. The summed E-state index contributed by atoms with van der Waals surface area (Å²) >= 11 is 0. The molecule has 0 saturated carbocycles. The van der Waals surface area contributed by atoms with Crippen LogP contribution in [-0.4, -0.2) is 113 Å². The van der Waals surface area contributed by atoms with E-state index in [-0.39, 0.29) is 37.8 Å². The number of carbonyl (C=O) groups is 2. The number of benzene rings is 6. The van der Waals surface area contributed by atoms with E-state index in [1.165, 1.54) is 22.3 Å². The molecule has 0 atom stereocenters. The molecule has 0 heterocycles. The van der Waals surface area contributed by atoms with Gasteiger partial charge in [-0.15, -0.1) is 12.4 Å². The minimum Gasteiger partial charge on any atom is -0.491 e. The van der Waals surface area contributed by atoms with E-state index in [2.05, 4.69) is 47.0 Å². The summed E-state index contributed by atoms with van der Waals surface area (Å²) in [4.78, 5) is 23.1. The molecule has 17 heteroatoms. The standard InChI is InChI=1S/C23H31NO4.C18H23NO2.C16H25NO4.C11H17NO2.ClH/c1-23(2,3)28-22(25)24-14-8-12-19-11-7-13-21(17-19)27-16-15-26-18-20-9-5-4-6-10-20;19-11-5-9-16-8-4-10-18(14-16)21-13-12-20-15-17-6-2-1-3-7-17;1-16(2,3)21-15(19)17-9-5-7-13-6-4-8-14(12-13)20-11-10-18;12-6-2-4-10-3-1-5-11(9-10)14-8-7-13;/h4-7,9-11,13,17H,8,12,14-16,18H2,1-3H3,(H,24,25);1-4,6-8,10,14H,5,9,11-13,15,19H2;4,6,8,12,18H,5,7,9-11H2,1-3H3,(H,17,19);1,3,5,9,13H,2,4,6-8,12H2;1H. The zero-order valence-electron chi connectivity index (χ0n) is 51.1. The van der Waals surface area contributed by atoms with Gasteiger partial charge in [0.25, 0.3) is 0 Å². The van der Waals surface area contributed by atoms with Gasteiger partial charge in [-0.1, -0.05) is 109 Å². The number of hydrogen-bond donors (Lipinski definition) is 6. The molecule has 0 aliphatic carbocycles. The number of carbonyl (C=O) groups excluding carboxylic acids is 2. The predicted molar refractivity (Wildman–Crippen MR) is 341 cm³/mol. The summed E-state index contributed by atoms with van der Waals surface area (Å²) in [6.07, 6.45) is 6.57. The fourth-order valence-corrected chi connectivity index (χ4v) is 7.66. The first-order chi connectivity index (χ1) is 40.6. The molecule has 8 N–H and O–H groups in total. The van der Waals surface area contributed by atoms with Crippen LogP contribution in [0.5, 0.6) is 23.0 Å². The summed E-state index contributed by atoms with van der Waals surface area (Å²) in [6, 6.07) is 52.1. The van der Waals surface area contributed by atoms with Crippen LogP contribution < -0.4 is 41.0 Å².